The summed E-state index contributed by atoms with van der Waals surface area (Å²) in [6.45, 7) is 0. The van der Waals surface area contributed by atoms with E-state index >= 15 is 0 Å². The highest BCUT2D eigenvalue weighted by atomic mass is 79.9. The van der Waals surface area contributed by atoms with Gasteiger partial charge in [0.1, 0.15) is 5.82 Å². The smallest absolute Gasteiger partial charge is 0.137 e. The largest absolute Gasteiger partial charge is 0.295 e. The lowest BCUT2D eigenvalue weighted by molar-refractivity contribution is 1.18. The zero-order valence-electron chi connectivity index (χ0n) is 10.8. The third-order valence-electron chi connectivity index (χ3n) is 2.98. The summed E-state index contributed by atoms with van der Waals surface area (Å²) in [6, 6.07) is 24.4. The minimum absolute atomic E-state index is 0.904. The first kappa shape index (κ1) is 12.9. The van der Waals surface area contributed by atoms with Gasteiger partial charge in [-0.05, 0) is 48.5 Å². The van der Waals surface area contributed by atoms with E-state index in [0.29, 0.717) is 0 Å². The maximum absolute atomic E-state index is 4.47. The molecule has 2 nitrogen and oxygen atoms in total. The van der Waals surface area contributed by atoms with Gasteiger partial charge in [0.25, 0.3) is 0 Å². The molecule has 0 fully saturated rings. The van der Waals surface area contributed by atoms with Crippen LogP contribution >= 0.6 is 15.9 Å². The predicted octanol–water partition coefficient (Wildman–Crippen LogP) is 5.31. The predicted molar refractivity (Wildman–Crippen MR) is 86.6 cm³/mol. The number of halogens is 1. The van der Waals surface area contributed by atoms with Crippen LogP contribution in [0, 0.1) is 0 Å². The van der Waals surface area contributed by atoms with Gasteiger partial charge in [-0.1, -0.05) is 40.2 Å². The van der Waals surface area contributed by atoms with Crippen LogP contribution in [0.15, 0.2) is 83.5 Å². The van der Waals surface area contributed by atoms with Gasteiger partial charge >= 0.3 is 0 Å². The van der Waals surface area contributed by atoms with Crippen molar-refractivity contribution in [1.82, 2.24) is 4.98 Å². The van der Waals surface area contributed by atoms with Gasteiger partial charge in [0.15, 0.2) is 0 Å². The van der Waals surface area contributed by atoms with Crippen LogP contribution in [-0.4, -0.2) is 4.98 Å². The molecule has 0 spiro atoms. The molecule has 3 rings (SSSR count). The molecule has 0 bridgehead atoms. The second-order valence-electron chi connectivity index (χ2n) is 4.34. The summed E-state index contributed by atoms with van der Waals surface area (Å²) in [4.78, 5) is 6.60. The number of rotatable bonds is 3. The standard InChI is InChI=1S/C17H13BrN2/c18-14-9-11-16(12-10-14)20(15-6-2-1-3-7-15)17-8-4-5-13-19-17/h1-13H. The van der Waals surface area contributed by atoms with Gasteiger partial charge in [0.2, 0.25) is 0 Å². The number of hydrogen-bond acceptors (Lipinski definition) is 2. The van der Waals surface area contributed by atoms with E-state index in [1.165, 1.54) is 0 Å². The SMILES string of the molecule is Brc1ccc(N(c2ccccc2)c2ccccn2)cc1. The van der Waals surface area contributed by atoms with Gasteiger partial charge in [-0.3, -0.25) is 4.90 Å². The van der Waals surface area contributed by atoms with Crippen molar-refractivity contribution in [2.24, 2.45) is 0 Å². The molecule has 0 amide bonds. The number of aromatic nitrogens is 1. The minimum Gasteiger partial charge on any atom is -0.295 e. The van der Waals surface area contributed by atoms with Crippen LogP contribution in [0.25, 0.3) is 0 Å². The van der Waals surface area contributed by atoms with Gasteiger partial charge < -0.3 is 0 Å². The maximum atomic E-state index is 4.47. The van der Waals surface area contributed by atoms with Crippen LogP contribution < -0.4 is 4.90 Å². The Morgan fingerprint density at radius 2 is 1.35 bits per heavy atom. The number of nitrogens with zero attached hydrogens (tertiary/aromatic N) is 2. The fourth-order valence-corrected chi connectivity index (χ4v) is 2.33. The van der Waals surface area contributed by atoms with Gasteiger partial charge in [0, 0.05) is 22.0 Å². The van der Waals surface area contributed by atoms with Crippen LogP contribution in [0.1, 0.15) is 0 Å². The van der Waals surface area contributed by atoms with E-state index < -0.39 is 0 Å². The molecular weight excluding hydrogens is 312 g/mol. The van der Waals surface area contributed by atoms with Gasteiger partial charge in [-0.2, -0.15) is 0 Å². The monoisotopic (exact) mass is 324 g/mol. The minimum atomic E-state index is 0.904. The lowest BCUT2D eigenvalue weighted by atomic mass is 10.2. The molecule has 3 aromatic rings. The highest BCUT2D eigenvalue weighted by molar-refractivity contribution is 9.10. The molecule has 1 aromatic heterocycles. The molecule has 0 unspecified atom stereocenters. The van der Waals surface area contributed by atoms with Crippen molar-refractivity contribution in [3.63, 3.8) is 0 Å². The molecule has 98 valence electrons. The number of para-hydroxylation sites is 1. The number of benzene rings is 2. The average molecular weight is 325 g/mol. The van der Waals surface area contributed by atoms with Crippen molar-refractivity contribution >= 4 is 33.1 Å². The van der Waals surface area contributed by atoms with E-state index in [1.807, 2.05) is 54.7 Å². The number of hydrogen-bond donors (Lipinski definition) is 0. The summed E-state index contributed by atoms with van der Waals surface area (Å²) in [5.41, 5.74) is 2.17. The third-order valence-corrected chi connectivity index (χ3v) is 3.51. The number of pyridine rings is 1. The normalized spacial score (nSPS) is 10.2. The lowest BCUT2D eigenvalue weighted by Crippen LogP contribution is -2.10. The first-order chi connectivity index (χ1) is 9.84. The Bertz CT molecular complexity index is 627. The maximum Gasteiger partial charge on any atom is 0.137 e. The van der Waals surface area contributed by atoms with E-state index in [0.717, 1.165) is 21.7 Å². The van der Waals surface area contributed by atoms with Crippen molar-refractivity contribution < 1.29 is 0 Å². The zero-order valence-corrected chi connectivity index (χ0v) is 12.4. The molecule has 0 N–H and O–H groups in total. The van der Waals surface area contributed by atoms with Crippen molar-refractivity contribution in [2.45, 2.75) is 0 Å². The molecule has 0 aliphatic carbocycles. The highest BCUT2D eigenvalue weighted by Crippen LogP contribution is 2.33. The lowest BCUT2D eigenvalue weighted by Gasteiger charge is -2.24. The first-order valence-electron chi connectivity index (χ1n) is 6.36. The Kier molecular flexibility index (Phi) is 3.79. The summed E-state index contributed by atoms with van der Waals surface area (Å²) in [5.74, 6) is 0.904. The van der Waals surface area contributed by atoms with Crippen LogP contribution in [0.3, 0.4) is 0 Å². The molecule has 0 saturated heterocycles. The summed E-state index contributed by atoms with van der Waals surface area (Å²) < 4.78 is 1.07. The van der Waals surface area contributed by atoms with Crippen LogP contribution in [0.4, 0.5) is 17.2 Å². The Morgan fingerprint density at radius 3 is 2.00 bits per heavy atom. The van der Waals surface area contributed by atoms with Crippen molar-refractivity contribution in [3.05, 3.63) is 83.5 Å². The van der Waals surface area contributed by atoms with Gasteiger partial charge in [-0.25, -0.2) is 4.98 Å². The molecule has 1 heterocycles. The molecule has 2 aromatic carbocycles. The summed E-state index contributed by atoms with van der Waals surface area (Å²) >= 11 is 3.47. The third kappa shape index (κ3) is 2.73. The molecule has 0 atom stereocenters. The van der Waals surface area contributed by atoms with Crippen molar-refractivity contribution in [3.8, 4) is 0 Å². The van der Waals surface area contributed by atoms with Gasteiger partial charge in [-0.15, -0.1) is 0 Å². The second-order valence-corrected chi connectivity index (χ2v) is 5.25. The summed E-state index contributed by atoms with van der Waals surface area (Å²) in [6.07, 6.45) is 1.81. The second kappa shape index (κ2) is 5.88. The molecule has 20 heavy (non-hydrogen) atoms. The summed E-state index contributed by atoms with van der Waals surface area (Å²) in [5, 5.41) is 0. The average Bonchev–Trinajstić information content (AvgIpc) is 2.52. The Labute approximate surface area is 126 Å². The van der Waals surface area contributed by atoms with E-state index in [9.17, 15) is 0 Å². The van der Waals surface area contributed by atoms with Crippen LogP contribution in [0.2, 0.25) is 0 Å². The highest BCUT2D eigenvalue weighted by Gasteiger charge is 2.12. The molecule has 0 saturated carbocycles. The fraction of sp³-hybridized carbons (Fsp3) is 0. The summed E-state index contributed by atoms with van der Waals surface area (Å²) in [7, 11) is 0. The van der Waals surface area contributed by atoms with Crippen LogP contribution in [0.5, 0.6) is 0 Å². The molecular formula is C17H13BrN2. The Balaban J connectivity index is 2.11. The van der Waals surface area contributed by atoms with Crippen molar-refractivity contribution in [1.29, 1.82) is 0 Å². The topological polar surface area (TPSA) is 16.1 Å². The fourth-order valence-electron chi connectivity index (χ4n) is 2.07. The van der Waals surface area contributed by atoms with E-state index in [2.05, 4.69) is 50.1 Å². The molecule has 0 aliphatic rings. The van der Waals surface area contributed by atoms with E-state index in [4.69, 9.17) is 0 Å². The van der Waals surface area contributed by atoms with Crippen LogP contribution in [-0.2, 0) is 0 Å². The molecule has 3 heteroatoms. The van der Waals surface area contributed by atoms with Gasteiger partial charge in [0.05, 0.1) is 0 Å². The van der Waals surface area contributed by atoms with Crippen molar-refractivity contribution in [2.75, 3.05) is 4.90 Å². The van der Waals surface area contributed by atoms with E-state index in [1.54, 1.807) is 0 Å². The zero-order chi connectivity index (χ0) is 13.8. The Morgan fingerprint density at radius 1 is 0.700 bits per heavy atom. The first-order valence-corrected chi connectivity index (χ1v) is 7.16. The number of anilines is 3. The molecule has 0 aliphatic heterocycles. The van der Waals surface area contributed by atoms with E-state index in [-0.39, 0.29) is 0 Å². The Hall–Kier alpha value is -2.13. The quantitative estimate of drug-likeness (QED) is 0.648. The molecule has 0 radical (unpaired) electrons.